The second kappa shape index (κ2) is 3.42. The van der Waals surface area contributed by atoms with Gasteiger partial charge in [-0.3, -0.25) is 10.1 Å². The average molecular weight is 189 g/mol. The highest BCUT2D eigenvalue weighted by molar-refractivity contribution is 6.31. The van der Waals surface area contributed by atoms with Gasteiger partial charge in [-0.1, -0.05) is 11.6 Å². The van der Waals surface area contributed by atoms with E-state index in [4.69, 9.17) is 17.3 Å². The summed E-state index contributed by atoms with van der Waals surface area (Å²) in [5.41, 5.74) is 4.88. The summed E-state index contributed by atoms with van der Waals surface area (Å²) in [5, 5.41) is 10.0. The molecule has 1 rings (SSSR count). The van der Waals surface area contributed by atoms with E-state index in [0.29, 0.717) is 0 Å². The Hall–Kier alpha value is -1.27. The van der Waals surface area contributed by atoms with Crippen LogP contribution >= 0.6 is 11.6 Å². The van der Waals surface area contributed by atoms with E-state index in [-0.39, 0.29) is 23.2 Å². The summed E-state index contributed by atoms with van der Waals surface area (Å²) in [7, 11) is 0. The van der Waals surface area contributed by atoms with Crippen LogP contribution in [0.5, 0.6) is 0 Å². The lowest BCUT2D eigenvalue weighted by molar-refractivity contribution is -0.385. The molecule has 6 nitrogen and oxygen atoms in total. The minimum atomic E-state index is -0.650. The summed E-state index contributed by atoms with van der Waals surface area (Å²) >= 11 is 5.45. The molecule has 1 aromatic rings. The molecule has 0 aromatic carbocycles. The third-order valence-corrected chi connectivity index (χ3v) is 1.43. The molecule has 0 saturated carbocycles. The Morgan fingerprint density at radius 2 is 2.42 bits per heavy atom. The topological polar surface area (TPSA) is 94.9 Å². The van der Waals surface area contributed by atoms with Crippen molar-refractivity contribution >= 4 is 17.3 Å². The molecule has 7 heteroatoms. The largest absolute Gasteiger partial charge is 0.324 e. The monoisotopic (exact) mass is 188 g/mol. The minimum Gasteiger partial charge on any atom is -0.324 e. The van der Waals surface area contributed by atoms with Crippen LogP contribution in [-0.4, -0.2) is 14.9 Å². The van der Waals surface area contributed by atoms with Crippen LogP contribution in [0.4, 0.5) is 5.69 Å². The fourth-order valence-electron chi connectivity index (χ4n) is 0.609. The van der Waals surface area contributed by atoms with Crippen molar-refractivity contribution in [1.29, 1.82) is 0 Å². The lowest BCUT2D eigenvalue weighted by Gasteiger charge is -1.95. The van der Waals surface area contributed by atoms with Gasteiger partial charge in [-0.05, 0) is 0 Å². The van der Waals surface area contributed by atoms with Crippen LogP contribution in [-0.2, 0) is 6.54 Å². The van der Waals surface area contributed by atoms with Crippen LogP contribution in [0.3, 0.4) is 0 Å². The van der Waals surface area contributed by atoms with E-state index in [2.05, 4.69) is 9.97 Å². The summed E-state index contributed by atoms with van der Waals surface area (Å²) in [6.07, 6.45) is 1.04. The molecule has 0 saturated heterocycles. The van der Waals surface area contributed by atoms with Gasteiger partial charge in [0.25, 0.3) is 0 Å². The van der Waals surface area contributed by atoms with Gasteiger partial charge in [0.15, 0.2) is 0 Å². The number of rotatable bonds is 2. The molecule has 0 fully saturated rings. The fraction of sp³-hybridized carbons (Fsp3) is 0.200. The van der Waals surface area contributed by atoms with Gasteiger partial charge < -0.3 is 5.73 Å². The summed E-state index contributed by atoms with van der Waals surface area (Å²) in [5.74, 6) is 0.283. The second-order valence-corrected chi connectivity index (χ2v) is 2.28. The molecule has 0 atom stereocenters. The molecular weight excluding hydrogens is 184 g/mol. The molecule has 12 heavy (non-hydrogen) atoms. The molecule has 64 valence electrons. The van der Waals surface area contributed by atoms with E-state index < -0.39 is 4.92 Å². The fourth-order valence-corrected chi connectivity index (χ4v) is 0.825. The Morgan fingerprint density at radius 3 is 2.83 bits per heavy atom. The SMILES string of the molecule is NCc1ncc([N+](=O)[O-])c(Cl)n1. The molecular formula is C5H5ClN4O2. The number of nitrogens with two attached hydrogens (primary N) is 1. The van der Waals surface area contributed by atoms with Crippen molar-refractivity contribution in [1.82, 2.24) is 9.97 Å². The number of hydrogen-bond donors (Lipinski definition) is 1. The maximum atomic E-state index is 10.2. The summed E-state index contributed by atoms with van der Waals surface area (Å²) in [6, 6.07) is 0. The van der Waals surface area contributed by atoms with Gasteiger partial charge in [-0.15, -0.1) is 0 Å². The van der Waals surface area contributed by atoms with Gasteiger partial charge >= 0.3 is 5.69 Å². The predicted octanol–water partition coefficient (Wildman–Crippen LogP) is 0.497. The van der Waals surface area contributed by atoms with Crippen molar-refractivity contribution in [3.8, 4) is 0 Å². The van der Waals surface area contributed by atoms with E-state index in [0.717, 1.165) is 6.20 Å². The van der Waals surface area contributed by atoms with Gasteiger partial charge in [0.2, 0.25) is 5.15 Å². The summed E-state index contributed by atoms with van der Waals surface area (Å²) < 4.78 is 0. The molecule has 1 heterocycles. The third-order valence-electron chi connectivity index (χ3n) is 1.15. The summed E-state index contributed by atoms with van der Waals surface area (Å²) in [4.78, 5) is 16.8. The second-order valence-electron chi connectivity index (χ2n) is 1.92. The smallest absolute Gasteiger partial charge is 0.324 e. The molecule has 0 aliphatic rings. The number of halogens is 1. The Labute approximate surface area is 72.5 Å². The molecule has 2 N–H and O–H groups in total. The van der Waals surface area contributed by atoms with E-state index >= 15 is 0 Å². The number of aromatic nitrogens is 2. The quantitative estimate of drug-likeness (QED) is 0.414. The highest BCUT2D eigenvalue weighted by atomic mass is 35.5. The van der Waals surface area contributed by atoms with Crippen LogP contribution in [0.2, 0.25) is 5.15 Å². The zero-order valence-corrected chi connectivity index (χ0v) is 6.65. The first-order valence-corrected chi connectivity index (χ1v) is 3.39. The molecule has 0 bridgehead atoms. The van der Waals surface area contributed by atoms with E-state index in [1.807, 2.05) is 0 Å². The van der Waals surface area contributed by atoms with Crippen LogP contribution in [0.1, 0.15) is 5.82 Å². The van der Waals surface area contributed by atoms with Gasteiger partial charge in [-0.2, -0.15) is 0 Å². The molecule has 0 spiro atoms. The molecule has 0 amide bonds. The minimum absolute atomic E-state index is 0.109. The maximum Gasteiger partial charge on any atom is 0.324 e. The Balaban J connectivity index is 3.12. The van der Waals surface area contributed by atoms with E-state index in [1.165, 1.54) is 0 Å². The lowest BCUT2D eigenvalue weighted by atomic mass is 10.5. The molecule has 0 unspecified atom stereocenters. The van der Waals surface area contributed by atoms with Crippen LogP contribution < -0.4 is 5.73 Å². The van der Waals surface area contributed by atoms with E-state index in [1.54, 1.807) is 0 Å². The molecule has 0 aliphatic carbocycles. The third kappa shape index (κ3) is 1.66. The maximum absolute atomic E-state index is 10.2. The normalized spacial score (nSPS) is 9.83. The van der Waals surface area contributed by atoms with Crippen molar-refractivity contribution in [2.24, 2.45) is 5.73 Å². The average Bonchev–Trinajstić information content (AvgIpc) is 2.03. The Kier molecular flexibility index (Phi) is 2.51. The van der Waals surface area contributed by atoms with Crippen molar-refractivity contribution in [3.63, 3.8) is 0 Å². The van der Waals surface area contributed by atoms with E-state index in [9.17, 15) is 10.1 Å². The highest BCUT2D eigenvalue weighted by Gasteiger charge is 2.13. The first-order valence-electron chi connectivity index (χ1n) is 3.01. The van der Waals surface area contributed by atoms with Crippen molar-refractivity contribution < 1.29 is 4.92 Å². The van der Waals surface area contributed by atoms with Gasteiger partial charge in [0.05, 0.1) is 11.5 Å². The van der Waals surface area contributed by atoms with Gasteiger partial charge in [0, 0.05) is 0 Å². The van der Waals surface area contributed by atoms with Crippen LogP contribution in [0.25, 0.3) is 0 Å². The number of nitro groups is 1. The molecule has 0 aliphatic heterocycles. The molecule has 1 aromatic heterocycles. The van der Waals surface area contributed by atoms with Crippen LogP contribution in [0.15, 0.2) is 6.20 Å². The van der Waals surface area contributed by atoms with Gasteiger partial charge in [-0.25, -0.2) is 9.97 Å². The highest BCUT2D eigenvalue weighted by Crippen LogP contribution is 2.19. The zero-order valence-electron chi connectivity index (χ0n) is 5.90. The Bertz CT molecular complexity index is 316. The Morgan fingerprint density at radius 1 is 1.75 bits per heavy atom. The van der Waals surface area contributed by atoms with Crippen molar-refractivity contribution in [3.05, 3.63) is 27.3 Å². The van der Waals surface area contributed by atoms with Crippen molar-refractivity contribution in [2.75, 3.05) is 0 Å². The number of nitrogens with zero attached hydrogens (tertiary/aromatic N) is 3. The van der Waals surface area contributed by atoms with Crippen LogP contribution in [0, 0.1) is 10.1 Å². The lowest BCUT2D eigenvalue weighted by Crippen LogP contribution is -2.04. The first kappa shape index (κ1) is 8.82. The first-order chi connectivity index (χ1) is 5.65. The zero-order chi connectivity index (χ0) is 9.14. The predicted molar refractivity (Wildman–Crippen MR) is 41.6 cm³/mol. The summed E-state index contributed by atoms with van der Waals surface area (Å²) in [6.45, 7) is 0.109. The molecule has 0 radical (unpaired) electrons. The van der Waals surface area contributed by atoms with Gasteiger partial charge in [0.1, 0.15) is 12.0 Å². The van der Waals surface area contributed by atoms with Crippen molar-refractivity contribution in [2.45, 2.75) is 6.54 Å². The standard InChI is InChI=1S/C5H5ClN4O2/c6-5-3(10(11)12)2-8-4(1-7)9-5/h2H,1,7H2. The number of hydrogen-bond acceptors (Lipinski definition) is 5.